The number of hydrogen-bond acceptors (Lipinski definition) is 4. The van der Waals surface area contributed by atoms with E-state index in [1.807, 2.05) is 0 Å². The molecule has 6 rings (SSSR count). The topological polar surface area (TPSA) is 40.8 Å². The van der Waals surface area contributed by atoms with Gasteiger partial charge in [0.25, 0.3) is 0 Å². The van der Waals surface area contributed by atoms with E-state index in [0.29, 0.717) is 39.6 Å². The highest BCUT2D eigenvalue weighted by Crippen LogP contribution is 2.41. The second-order valence-electron chi connectivity index (χ2n) is 10.3. The van der Waals surface area contributed by atoms with Crippen LogP contribution in [0.3, 0.4) is 0 Å². The Balaban J connectivity index is 1.54. The molecule has 6 nitrogen and oxygen atoms in total. The van der Waals surface area contributed by atoms with Gasteiger partial charge in [-0.15, -0.1) is 0 Å². The van der Waals surface area contributed by atoms with Crippen molar-refractivity contribution < 1.29 is 14.2 Å². The third-order valence-electron chi connectivity index (χ3n) is 7.70. The van der Waals surface area contributed by atoms with Crippen molar-refractivity contribution in [3.8, 4) is 0 Å². The largest absolute Gasteiger partial charge is 0.378 e. The lowest BCUT2D eigenvalue weighted by Gasteiger charge is -2.19. The smallest absolute Gasteiger partial charge is 0.0701 e. The Morgan fingerprint density at radius 3 is 1.54 bits per heavy atom. The molecule has 1 aliphatic heterocycles. The molecule has 3 aromatic carbocycles. The number of ether oxygens (including phenoxy) is 3. The molecule has 6 heteroatoms. The molecule has 1 aliphatic rings. The quantitative estimate of drug-likeness (QED) is 0.289. The van der Waals surface area contributed by atoms with Crippen LogP contribution in [-0.4, -0.2) is 62.9 Å². The average Bonchev–Trinajstić information content (AvgIpc) is 3.51. The number of rotatable bonds is 2. The fourth-order valence-corrected chi connectivity index (χ4v) is 5.74. The summed E-state index contributed by atoms with van der Waals surface area (Å²) in [4.78, 5) is 2.15. The first-order chi connectivity index (χ1) is 19.2. The van der Waals surface area contributed by atoms with Crippen molar-refractivity contribution >= 4 is 27.5 Å². The summed E-state index contributed by atoms with van der Waals surface area (Å²) >= 11 is 0. The van der Waals surface area contributed by atoms with E-state index in [9.17, 15) is 0 Å². The summed E-state index contributed by atoms with van der Waals surface area (Å²) in [5.74, 6) is 0.0765. The third-order valence-corrected chi connectivity index (χ3v) is 7.70. The van der Waals surface area contributed by atoms with Gasteiger partial charge in [0, 0.05) is 73.0 Å². The summed E-state index contributed by atoms with van der Waals surface area (Å²) in [7, 11) is 4.17. The fourth-order valence-electron chi connectivity index (χ4n) is 5.74. The fraction of sp³-hybridized carbons (Fsp3) is 0.333. The van der Waals surface area contributed by atoms with E-state index in [4.69, 9.17) is 14.2 Å². The minimum Gasteiger partial charge on any atom is -0.378 e. The van der Waals surface area contributed by atoms with E-state index in [-0.39, 0.29) is 5.92 Å². The monoisotopic (exact) mass is 523 g/mol. The highest BCUT2D eigenvalue weighted by molar-refractivity contribution is 5.90. The van der Waals surface area contributed by atoms with Gasteiger partial charge >= 0.3 is 0 Å². The van der Waals surface area contributed by atoms with E-state index < -0.39 is 0 Å². The van der Waals surface area contributed by atoms with Crippen LogP contribution in [-0.2, 0) is 27.3 Å². The molecule has 0 N–H and O–H groups in total. The molecule has 0 saturated carbocycles. The van der Waals surface area contributed by atoms with Gasteiger partial charge in [-0.1, -0.05) is 48.5 Å². The van der Waals surface area contributed by atoms with Crippen molar-refractivity contribution in [1.29, 1.82) is 0 Å². The molecule has 3 heterocycles. The SMILES string of the molecule is CN(C)c1ccc(C2c3cn(c4ccccc34)CCOCCOCCOCCn3cc2c2ccccc23)cc1. The number of benzene rings is 3. The Morgan fingerprint density at radius 2 is 1.05 bits per heavy atom. The molecule has 0 spiro atoms. The van der Waals surface area contributed by atoms with Crippen LogP contribution in [0.4, 0.5) is 5.69 Å². The number of fused-ring (bicyclic) bond motifs is 10. The number of aromatic nitrogens is 2. The number of para-hydroxylation sites is 2. The maximum absolute atomic E-state index is 5.93. The van der Waals surface area contributed by atoms with E-state index >= 15 is 0 Å². The molecule has 0 unspecified atom stereocenters. The van der Waals surface area contributed by atoms with Crippen LogP contribution >= 0.6 is 0 Å². The lowest BCUT2D eigenvalue weighted by molar-refractivity contribution is 0.0121. The van der Waals surface area contributed by atoms with Crippen molar-refractivity contribution in [3.05, 3.63) is 102 Å². The zero-order valence-electron chi connectivity index (χ0n) is 22.9. The van der Waals surface area contributed by atoms with E-state index in [1.165, 1.54) is 44.2 Å². The standard InChI is InChI=1S/C33H37N3O3/c1-34(2)26-13-11-25(12-14-26)33-29-23-35(31-9-5-3-7-27(29)31)15-17-37-19-21-39-22-20-38-18-16-36-24-30(33)28-8-4-6-10-32(28)36/h3-14,23-24,33H,15-22H2,1-2H3. The van der Waals surface area contributed by atoms with Crippen molar-refractivity contribution in [2.75, 3.05) is 58.6 Å². The second-order valence-corrected chi connectivity index (χ2v) is 10.3. The predicted octanol–water partition coefficient (Wildman–Crippen LogP) is 5.91. The lowest BCUT2D eigenvalue weighted by atomic mass is 9.84. The van der Waals surface area contributed by atoms with Crippen LogP contribution in [0.1, 0.15) is 22.6 Å². The van der Waals surface area contributed by atoms with E-state index in [0.717, 1.165) is 13.1 Å². The predicted molar refractivity (Wildman–Crippen MR) is 158 cm³/mol. The van der Waals surface area contributed by atoms with Crippen LogP contribution in [0.2, 0.25) is 0 Å². The molecular formula is C33H37N3O3. The molecule has 0 aliphatic carbocycles. The first-order valence-corrected chi connectivity index (χ1v) is 13.9. The average molecular weight is 524 g/mol. The number of anilines is 1. The maximum Gasteiger partial charge on any atom is 0.0701 e. The van der Waals surface area contributed by atoms with Crippen LogP contribution in [0.25, 0.3) is 21.8 Å². The van der Waals surface area contributed by atoms with Crippen molar-refractivity contribution in [3.63, 3.8) is 0 Å². The van der Waals surface area contributed by atoms with Crippen LogP contribution in [0.5, 0.6) is 0 Å². The van der Waals surface area contributed by atoms with Gasteiger partial charge < -0.3 is 28.2 Å². The highest BCUT2D eigenvalue weighted by Gasteiger charge is 2.25. The molecular weight excluding hydrogens is 486 g/mol. The molecule has 39 heavy (non-hydrogen) atoms. The first kappa shape index (κ1) is 25.7. The number of nitrogens with zero attached hydrogens (tertiary/aromatic N) is 3. The van der Waals surface area contributed by atoms with Gasteiger partial charge in [-0.05, 0) is 41.0 Å². The molecule has 2 aromatic heterocycles. The summed E-state index contributed by atoms with van der Waals surface area (Å²) in [5.41, 5.74) is 7.57. The summed E-state index contributed by atoms with van der Waals surface area (Å²) < 4.78 is 22.3. The zero-order valence-corrected chi connectivity index (χ0v) is 22.9. The molecule has 4 bridgehead atoms. The summed E-state index contributed by atoms with van der Waals surface area (Å²) in [6, 6.07) is 26.5. The molecule has 0 atom stereocenters. The van der Waals surface area contributed by atoms with Crippen molar-refractivity contribution in [1.82, 2.24) is 9.13 Å². The summed E-state index contributed by atoms with van der Waals surface area (Å²) in [6.45, 7) is 5.19. The van der Waals surface area contributed by atoms with Gasteiger partial charge in [0.05, 0.1) is 39.6 Å². The normalized spacial score (nSPS) is 16.3. The second kappa shape index (κ2) is 11.7. The van der Waals surface area contributed by atoms with Crippen molar-refractivity contribution in [2.24, 2.45) is 0 Å². The highest BCUT2D eigenvalue weighted by atomic mass is 16.5. The zero-order chi connectivity index (χ0) is 26.6. The third kappa shape index (κ3) is 5.33. The Bertz CT molecular complexity index is 1440. The van der Waals surface area contributed by atoms with Crippen LogP contribution in [0, 0.1) is 0 Å². The van der Waals surface area contributed by atoms with Crippen molar-refractivity contribution in [2.45, 2.75) is 19.0 Å². The van der Waals surface area contributed by atoms with Gasteiger partial charge in [-0.3, -0.25) is 0 Å². The molecule has 0 saturated heterocycles. The molecule has 202 valence electrons. The summed E-state index contributed by atoms with van der Waals surface area (Å²) in [5, 5.41) is 2.56. The Kier molecular flexibility index (Phi) is 7.68. The Morgan fingerprint density at radius 1 is 0.590 bits per heavy atom. The van der Waals surface area contributed by atoms with Crippen LogP contribution in [0.15, 0.2) is 85.2 Å². The minimum absolute atomic E-state index is 0.0765. The van der Waals surface area contributed by atoms with Gasteiger partial charge in [-0.2, -0.15) is 0 Å². The Hall–Kier alpha value is -3.58. The van der Waals surface area contributed by atoms with E-state index in [2.05, 4.69) is 113 Å². The van der Waals surface area contributed by atoms with Gasteiger partial charge in [0.2, 0.25) is 0 Å². The number of hydrogen-bond donors (Lipinski definition) is 0. The minimum atomic E-state index is 0.0765. The Labute approximate surface area is 230 Å². The van der Waals surface area contributed by atoms with Gasteiger partial charge in [0.15, 0.2) is 0 Å². The summed E-state index contributed by atoms with van der Waals surface area (Å²) in [6.07, 6.45) is 4.68. The first-order valence-electron chi connectivity index (χ1n) is 13.9. The maximum atomic E-state index is 5.93. The molecule has 0 fully saturated rings. The molecule has 0 amide bonds. The van der Waals surface area contributed by atoms with Gasteiger partial charge in [-0.25, -0.2) is 0 Å². The molecule has 5 aromatic rings. The van der Waals surface area contributed by atoms with Gasteiger partial charge in [0.1, 0.15) is 0 Å². The van der Waals surface area contributed by atoms with E-state index in [1.54, 1.807) is 0 Å². The lowest BCUT2D eigenvalue weighted by Crippen LogP contribution is -2.13. The van der Waals surface area contributed by atoms with Crippen LogP contribution < -0.4 is 4.90 Å². The molecule has 0 radical (unpaired) electrons.